The van der Waals surface area contributed by atoms with Crippen molar-refractivity contribution in [2.45, 2.75) is 13.5 Å². The molecule has 0 aliphatic rings. The Morgan fingerprint density at radius 1 is 1.44 bits per heavy atom. The first-order valence-electron chi connectivity index (χ1n) is 5.29. The summed E-state index contributed by atoms with van der Waals surface area (Å²) in [6.45, 7) is 2.09. The van der Waals surface area contributed by atoms with Gasteiger partial charge in [0.2, 0.25) is 5.95 Å². The van der Waals surface area contributed by atoms with Crippen molar-refractivity contribution in [3.63, 3.8) is 0 Å². The summed E-state index contributed by atoms with van der Waals surface area (Å²) in [5.41, 5.74) is -0.0542. The zero-order valence-electron chi connectivity index (χ0n) is 9.52. The molecule has 0 fully saturated rings. The molecule has 18 heavy (non-hydrogen) atoms. The zero-order chi connectivity index (χ0) is 13.3. The SMILES string of the molecule is CCn1ncc(-c2ccc(F)c(C(=O)O)c2)c1F. The highest BCUT2D eigenvalue weighted by Crippen LogP contribution is 2.24. The van der Waals surface area contributed by atoms with Gasteiger partial charge in [-0.1, -0.05) is 6.07 Å². The number of carbonyl (C=O) groups is 1. The van der Waals surface area contributed by atoms with Crippen LogP contribution in [0.5, 0.6) is 0 Å². The minimum atomic E-state index is -1.39. The van der Waals surface area contributed by atoms with Crippen LogP contribution in [-0.4, -0.2) is 20.9 Å². The first-order chi connectivity index (χ1) is 8.54. The lowest BCUT2D eigenvalue weighted by atomic mass is 10.1. The van der Waals surface area contributed by atoms with Crippen LogP contribution < -0.4 is 0 Å². The number of nitrogens with zero attached hydrogens (tertiary/aromatic N) is 2. The highest BCUT2D eigenvalue weighted by molar-refractivity contribution is 5.89. The fourth-order valence-corrected chi connectivity index (χ4v) is 1.64. The van der Waals surface area contributed by atoms with E-state index in [9.17, 15) is 13.6 Å². The average Bonchev–Trinajstić information content (AvgIpc) is 2.71. The number of benzene rings is 1. The second kappa shape index (κ2) is 4.56. The summed E-state index contributed by atoms with van der Waals surface area (Å²) in [7, 11) is 0. The molecule has 1 heterocycles. The summed E-state index contributed by atoms with van der Waals surface area (Å²) in [5, 5.41) is 12.6. The molecule has 1 aromatic heterocycles. The van der Waals surface area contributed by atoms with Gasteiger partial charge in [0.15, 0.2) is 0 Å². The van der Waals surface area contributed by atoms with Gasteiger partial charge in [-0.05, 0) is 24.6 Å². The number of rotatable bonds is 3. The van der Waals surface area contributed by atoms with E-state index in [1.54, 1.807) is 6.92 Å². The number of halogens is 2. The lowest BCUT2D eigenvalue weighted by Crippen LogP contribution is -2.01. The maximum absolute atomic E-state index is 13.8. The lowest BCUT2D eigenvalue weighted by molar-refractivity contribution is 0.0692. The number of hydrogen-bond donors (Lipinski definition) is 1. The molecule has 0 aliphatic carbocycles. The van der Waals surface area contributed by atoms with E-state index in [-0.39, 0.29) is 11.1 Å². The summed E-state index contributed by atoms with van der Waals surface area (Å²) in [6, 6.07) is 3.42. The summed E-state index contributed by atoms with van der Waals surface area (Å²) < 4.78 is 28.2. The first-order valence-corrected chi connectivity index (χ1v) is 5.29. The van der Waals surface area contributed by atoms with Crippen molar-refractivity contribution in [2.75, 3.05) is 0 Å². The number of aromatic nitrogens is 2. The molecule has 1 aromatic carbocycles. The molecule has 1 N–H and O–H groups in total. The topological polar surface area (TPSA) is 55.1 Å². The van der Waals surface area contributed by atoms with E-state index in [4.69, 9.17) is 5.11 Å². The van der Waals surface area contributed by atoms with Crippen LogP contribution in [0.3, 0.4) is 0 Å². The van der Waals surface area contributed by atoms with Crippen LogP contribution in [0.4, 0.5) is 8.78 Å². The Balaban J connectivity index is 2.54. The molecule has 0 atom stereocenters. The van der Waals surface area contributed by atoms with Crippen LogP contribution in [0.2, 0.25) is 0 Å². The van der Waals surface area contributed by atoms with E-state index in [0.29, 0.717) is 6.54 Å². The van der Waals surface area contributed by atoms with E-state index >= 15 is 0 Å². The molecule has 0 saturated carbocycles. The van der Waals surface area contributed by atoms with Crippen LogP contribution in [-0.2, 0) is 6.54 Å². The maximum atomic E-state index is 13.8. The fraction of sp³-hybridized carbons (Fsp3) is 0.167. The van der Waals surface area contributed by atoms with Crippen LogP contribution in [0.15, 0.2) is 24.4 Å². The molecule has 0 bridgehead atoms. The van der Waals surface area contributed by atoms with Crippen LogP contribution >= 0.6 is 0 Å². The standard InChI is InChI=1S/C12H10F2N2O2/c1-2-16-11(14)9(6-15-16)7-3-4-10(13)8(5-7)12(17)18/h3-6H,2H2,1H3,(H,17,18). The summed E-state index contributed by atoms with van der Waals surface area (Å²) in [4.78, 5) is 10.8. The third kappa shape index (κ3) is 1.97. The quantitative estimate of drug-likeness (QED) is 0.913. The minimum absolute atomic E-state index is 0.152. The highest BCUT2D eigenvalue weighted by atomic mass is 19.1. The van der Waals surface area contributed by atoms with Gasteiger partial charge in [0, 0.05) is 6.54 Å². The van der Waals surface area contributed by atoms with Crippen molar-refractivity contribution >= 4 is 5.97 Å². The van der Waals surface area contributed by atoms with Gasteiger partial charge in [-0.25, -0.2) is 13.9 Å². The third-order valence-corrected chi connectivity index (χ3v) is 2.58. The van der Waals surface area contributed by atoms with Crippen molar-refractivity contribution in [1.82, 2.24) is 9.78 Å². The van der Waals surface area contributed by atoms with Crippen LogP contribution in [0.25, 0.3) is 11.1 Å². The molecule has 0 saturated heterocycles. The Kier molecular flexibility index (Phi) is 3.10. The third-order valence-electron chi connectivity index (χ3n) is 2.58. The molecular formula is C12H10F2N2O2. The van der Waals surface area contributed by atoms with E-state index in [1.165, 1.54) is 12.3 Å². The summed E-state index contributed by atoms with van der Waals surface area (Å²) >= 11 is 0. The predicted octanol–water partition coefficient (Wildman–Crippen LogP) is 2.55. The highest BCUT2D eigenvalue weighted by Gasteiger charge is 2.16. The molecule has 94 valence electrons. The fourth-order valence-electron chi connectivity index (χ4n) is 1.64. The molecule has 6 heteroatoms. The lowest BCUT2D eigenvalue weighted by Gasteiger charge is -2.02. The van der Waals surface area contributed by atoms with E-state index in [0.717, 1.165) is 16.8 Å². The number of hydrogen-bond acceptors (Lipinski definition) is 2. The van der Waals surface area contributed by atoms with Crippen molar-refractivity contribution in [2.24, 2.45) is 0 Å². The first kappa shape index (κ1) is 12.2. The largest absolute Gasteiger partial charge is 0.478 e. The van der Waals surface area contributed by atoms with Crippen molar-refractivity contribution in [3.8, 4) is 11.1 Å². The Morgan fingerprint density at radius 3 is 2.72 bits per heavy atom. The van der Waals surface area contributed by atoms with Crippen molar-refractivity contribution < 1.29 is 18.7 Å². The second-order valence-electron chi connectivity index (χ2n) is 3.66. The number of carboxylic acid groups (broad SMARTS) is 1. The van der Waals surface area contributed by atoms with Crippen LogP contribution in [0, 0.1) is 11.8 Å². The van der Waals surface area contributed by atoms with Gasteiger partial charge in [0.25, 0.3) is 0 Å². The number of aryl methyl sites for hydroxylation is 1. The van der Waals surface area contributed by atoms with E-state index in [1.807, 2.05) is 0 Å². The van der Waals surface area contributed by atoms with Gasteiger partial charge < -0.3 is 5.11 Å². The summed E-state index contributed by atoms with van der Waals surface area (Å²) in [5.74, 6) is -2.81. The Morgan fingerprint density at radius 2 is 2.17 bits per heavy atom. The van der Waals surface area contributed by atoms with Gasteiger partial charge >= 0.3 is 5.97 Å². The maximum Gasteiger partial charge on any atom is 0.338 e. The van der Waals surface area contributed by atoms with E-state index in [2.05, 4.69) is 5.10 Å². The predicted molar refractivity (Wildman–Crippen MR) is 60.2 cm³/mol. The molecule has 0 amide bonds. The number of carboxylic acids is 1. The van der Waals surface area contributed by atoms with Gasteiger partial charge in [-0.15, -0.1) is 0 Å². The summed E-state index contributed by atoms with van der Waals surface area (Å²) in [6.07, 6.45) is 1.29. The van der Waals surface area contributed by atoms with Gasteiger partial charge in [0.05, 0.1) is 17.3 Å². The molecule has 0 radical (unpaired) electrons. The molecule has 4 nitrogen and oxygen atoms in total. The van der Waals surface area contributed by atoms with Crippen molar-refractivity contribution in [1.29, 1.82) is 0 Å². The Labute approximate surface area is 101 Å². The molecular weight excluding hydrogens is 242 g/mol. The molecule has 0 aliphatic heterocycles. The minimum Gasteiger partial charge on any atom is -0.478 e. The van der Waals surface area contributed by atoms with Gasteiger partial charge in [-0.3, -0.25) is 0 Å². The van der Waals surface area contributed by atoms with Crippen LogP contribution in [0.1, 0.15) is 17.3 Å². The second-order valence-corrected chi connectivity index (χ2v) is 3.66. The van der Waals surface area contributed by atoms with E-state index < -0.39 is 23.3 Å². The molecule has 2 rings (SSSR count). The van der Waals surface area contributed by atoms with Gasteiger partial charge in [-0.2, -0.15) is 9.49 Å². The van der Waals surface area contributed by atoms with Crippen molar-refractivity contribution in [3.05, 3.63) is 41.7 Å². The number of aromatic carboxylic acids is 1. The average molecular weight is 252 g/mol. The normalized spacial score (nSPS) is 10.6. The van der Waals surface area contributed by atoms with Gasteiger partial charge in [0.1, 0.15) is 5.82 Å². The Bertz CT molecular complexity index is 608. The monoisotopic (exact) mass is 252 g/mol. The Hall–Kier alpha value is -2.24. The zero-order valence-corrected chi connectivity index (χ0v) is 9.52. The molecule has 2 aromatic rings. The molecule has 0 spiro atoms. The molecule has 0 unspecified atom stereocenters. The smallest absolute Gasteiger partial charge is 0.338 e.